The van der Waals surface area contributed by atoms with Crippen molar-refractivity contribution in [2.45, 2.75) is 62.4 Å². The molecule has 0 bridgehead atoms. The van der Waals surface area contributed by atoms with E-state index < -0.39 is 15.7 Å². The highest BCUT2D eigenvalue weighted by Gasteiger charge is 2.32. The maximum Gasteiger partial charge on any atom is 0.197 e. The van der Waals surface area contributed by atoms with Gasteiger partial charge in [0.2, 0.25) is 0 Å². The van der Waals surface area contributed by atoms with Gasteiger partial charge in [-0.25, -0.2) is 17.8 Å². The fraction of sp³-hybridized carbons (Fsp3) is 0.455. The summed E-state index contributed by atoms with van der Waals surface area (Å²) in [7, 11) is -3.26. The molecule has 2 aliphatic rings. The van der Waals surface area contributed by atoms with Crippen LogP contribution in [0.15, 0.2) is 28.8 Å². The number of aromatic nitrogens is 3. The van der Waals surface area contributed by atoms with E-state index >= 15 is 0 Å². The van der Waals surface area contributed by atoms with Crippen molar-refractivity contribution in [1.82, 2.24) is 15.2 Å². The van der Waals surface area contributed by atoms with Crippen LogP contribution in [-0.4, -0.2) is 23.6 Å². The minimum atomic E-state index is -3.26. The molecule has 3 aromatic rings. The molecule has 1 aromatic carbocycles. The highest BCUT2D eigenvalue weighted by atomic mass is 32.2. The lowest BCUT2D eigenvalue weighted by atomic mass is 10.0. The third-order valence-electron chi connectivity index (χ3n) is 6.27. The van der Waals surface area contributed by atoms with Crippen LogP contribution in [0.3, 0.4) is 0 Å². The molecule has 7 nitrogen and oxygen atoms in total. The van der Waals surface area contributed by atoms with Crippen LogP contribution in [-0.2, 0) is 21.3 Å². The largest absolute Gasteiger partial charge is 0.445 e. The minimum Gasteiger partial charge on any atom is -0.445 e. The summed E-state index contributed by atoms with van der Waals surface area (Å²) in [6.07, 6.45) is 4.74. The average Bonchev–Trinajstić information content (AvgIpc) is 3.48. The molecule has 5 rings (SSSR count). The molecular weight excluding hydrogens is 419 g/mol. The van der Waals surface area contributed by atoms with Crippen LogP contribution < -0.4 is 5.32 Å². The van der Waals surface area contributed by atoms with Crippen LogP contribution in [0.25, 0.3) is 0 Å². The molecule has 31 heavy (non-hydrogen) atoms. The number of rotatable bonds is 5. The van der Waals surface area contributed by atoms with E-state index in [0.717, 1.165) is 36.6 Å². The number of halogens is 1. The van der Waals surface area contributed by atoms with Gasteiger partial charge in [0.1, 0.15) is 5.76 Å². The SMILES string of the molecule is CC(C)c1cnc(C2CCC(c3cc(Nc4ccc5c(c4F)CS(=O)(=O)C5)n[nH]3)C2)o1. The molecule has 1 fully saturated rings. The highest BCUT2D eigenvalue weighted by Crippen LogP contribution is 2.43. The lowest BCUT2D eigenvalue weighted by molar-refractivity contribution is 0.406. The number of hydrogen-bond acceptors (Lipinski definition) is 6. The van der Waals surface area contributed by atoms with Crippen molar-refractivity contribution in [2.75, 3.05) is 5.32 Å². The van der Waals surface area contributed by atoms with Gasteiger partial charge in [-0.15, -0.1) is 0 Å². The van der Waals surface area contributed by atoms with Gasteiger partial charge in [0.05, 0.1) is 23.4 Å². The first-order valence-electron chi connectivity index (χ1n) is 10.6. The molecule has 0 radical (unpaired) electrons. The van der Waals surface area contributed by atoms with Crippen molar-refractivity contribution in [3.05, 3.63) is 58.7 Å². The number of sulfone groups is 1. The second-order valence-corrected chi connectivity index (χ2v) is 11.0. The van der Waals surface area contributed by atoms with Gasteiger partial charge in [-0.3, -0.25) is 5.10 Å². The van der Waals surface area contributed by atoms with Crippen molar-refractivity contribution in [2.24, 2.45) is 0 Å². The third-order valence-corrected chi connectivity index (χ3v) is 7.75. The van der Waals surface area contributed by atoms with Crippen LogP contribution in [0, 0.1) is 5.82 Å². The maximum absolute atomic E-state index is 14.8. The van der Waals surface area contributed by atoms with E-state index in [4.69, 9.17) is 4.42 Å². The summed E-state index contributed by atoms with van der Waals surface area (Å²) >= 11 is 0. The van der Waals surface area contributed by atoms with Crippen molar-refractivity contribution in [3.63, 3.8) is 0 Å². The molecule has 2 N–H and O–H groups in total. The molecule has 0 amide bonds. The summed E-state index contributed by atoms with van der Waals surface area (Å²) in [5, 5.41) is 10.3. The standard InChI is InChI=1S/C22H25FN4O3S/c1-12(2)19-9-24-22(30-19)14-4-3-13(7-14)18-8-20(27-26-18)25-17-6-5-15-10-31(28,29)11-16(15)21(17)23/h5-6,8-9,12-14H,3-4,7,10-11H2,1-2H3,(H2,25,26,27). The van der Waals surface area contributed by atoms with Gasteiger partial charge >= 0.3 is 0 Å². The van der Waals surface area contributed by atoms with E-state index in [2.05, 4.69) is 34.3 Å². The van der Waals surface area contributed by atoms with Crippen molar-refractivity contribution in [3.8, 4) is 0 Å². The Kier molecular flexibility index (Phi) is 4.88. The van der Waals surface area contributed by atoms with E-state index in [-0.39, 0.29) is 28.7 Å². The van der Waals surface area contributed by atoms with Gasteiger partial charge in [-0.1, -0.05) is 19.9 Å². The number of anilines is 2. The van der Waals surface area contributed by atoms with E-state index in [0.29, 0.717) is 23.2 Å². The molecule has 3 heterocycles. The van der Waals surface area contributed by atoms with E-state index in [1.807, 2.05) is 12.3 Å². The summed E-state index contributed by atoms with van der Waals surface area (Å²) in [4.78, 5) is 4.47. The highest BCUT2D eigenvalue weighted by molar-refractivity contribution is 7.90. The number of fused-ring (bicyclic) bond motifs is 1. The van der Waals surface area contributed by atoms with E-state index in [1.165, 1.54) is 0 Å². The quantitative estimate of drug-likeness (QED) is 0.581. The third kappa shape index (κ3) is 3.86. The van der Waals surface area contributed by atoms with Crippen molar-refractivity contribution >= 4 is 21.3 Å². The molecule has 1 saturated carbocycles. The monoisotopic (exact) mass is 444 g/mol. The average molecular weight is 445 g/mol. The zero-order valence-electron chi connectivity index (χ0n) is 17.5. The van der Waals surface area contributed by atoms with Crippen molar-refractivity contribution in [1.29, 1.82) is 0 Å². The Bertz CT molecular complexity index is 1230. The smallest absolute Gasteiger partial charge is 0.197 e. The van der Waals surface area contributed by atoms with Crippen LogP contribution >= 0.6 is 0 Å². The zero-order chi connectivity index (χ0) is 21.8. The Morgan fingerprint density at radius 1 is 1.23 bits per heavy atom. The number of H-pyrrole nitrogens is 1. The Morgan fingerprint density at radius 2 is 2.03 bits per heavy atom. The first-order chi connectivity index (χ1) is 14.8. The van der Waals surface area contributed by atoms with Gasteiger partial charge in [-0.05, 0) is 30.9 Å². The Hall–Kier alpha value is -2.68. The number of aromatic amines is 1. The van der Waals surface area contributed by atoms with Gasteiger partial charge in [-0.2, -0.15) is 5.10 Å². The van der Waals surface area contributed by atoms with Gasteiger partial charge in [0, 0.05) is 35.1 Å². The van der Waals surface area contributed by atoms with Crippen LogP contribution in [0.5, 0.6) is 0 Å². The molecular formula is C22H25FN4O3S. The number of nitrogens with one attached hydrogen (secondary N) is 2. The molecule has 2 unspecified atom stereocenters. The first-order valence-corrected chi connectivity index (χ1v) is 12.4. The van der Waals surface area contributed by atoms with E-state index in [1.54, 1.807) is 12.1 Å². The molecule has 0 saturated heterocycles. The fourth-order valence-electron chi connectivity index (χ4n) is 4.55. The topological polar surface area (TPSA) is 101 Å². The van der Waals surface area contributed by atoms with Gasteiger partial charge in [0.15, 0.2) is 27.4 Å². The second-order valence-electron chi connectivity index (χ2n) is 8.89. The Morgan fingerprint density at radius 3 is 2.81 bits per heavy atom. The van der Waals surface area contributed by atoms with Crippen molar-refractivity contribution < 1.29 is 17.2 Å². The predicted molar refractivity (Wildman–Crippen MR) is 115 cm³/mol. The fourth-order valence-corrected chi connectivity index (χ4v) is 6.15. The van der Waals surface area contributed by atoms with Gasteiger partial charge < -0.3 is 9.73 Å². The molecule has 1 aliphatic heterocycles. The maximum atomic E-state index is 14.8. The summed E-state index contributed by atoms with van der Waals surface area (Å²) in [5.41, 5.74) is 2.02. The Balaban J connectivity index is 1.28. The normalized spacial score (nSPS) is 22.2. The molecule has 9 heteroatoms. The lowest BCUT2D eigenvalue weighted by Gasteiger charge is -2.08. The van der Waals surface area contributed by atoms with Crippen LogP contribution in [0.1, 0.15) is 79.3 Å². The number of nitrogens with zero attached hydrogens (tertiary/aromatic N) is 2. The molecule has 164 valence electrons. The van der Waals surface area contributed by atoms with E-state index in [9.17, 15) is 12.8 Å². The molecule has 0 spiro atoms. The van der Waals surface area contributed by atoms with Gasteiger partial charge in [0.25, 0.3) is 0 Å². The molecule has 2 aromatic heterocycles. The summed E-state index contributed by atoms with van der Waals surface area (Å²) in [6, 6.07) is 5.14. The predicted octanol–water partition coefficient (Wildman–Crippen LogP) is 4.88. The number of oxazole rings is 1. The van der Waals surface area contributed by atoms with Crippen LogP contribution in [0.4, 0.5) is 15.9 Å². The molecule has 1 aliphatic carbocycles. The zero-order valence-corrected chi connectivity index (χ0v) is 18.3. The summed E-state index contributed by atoms with van der Waals surface area (Å²) < 4.78 is 44.4. The summed E-state index contributed by atoms with van der Waals surface area (Å²) in [5.74, 6) is 2.27. The minimum absolute atomic E-state index is 0.0991. The summed E-state index contributed by atoms with van der Waals surface area (Å²) in [6.45, 7) is 4.17. The lowest BCUT2D eigenvalue weighted by Crippen LogP contribution is -1.99. The first kappa shape index (κ1) is 20.2. The van der Waals surface area contributed by atoms with Crippen LogP contribution in [0.2, 0.25) is 0 Å². The number of benzene rings is 1. The Labute approximate surface area is 180 Å². The number of hydrogen-bond donors (Lipinski definition) is 2. The molecule has 2 atom stereocenters. The second kappa shape index (κ2) is 7.47.